The van der Waals surface area contributed by atoms with Gasteiger partial charge in [0, 0.05) is 36.0 Å². The molecule has 1 aliphatic carbocycles. The van der Waals surface area contributed by atoms with Crippen LogP contribution in [0, 0.1) is 5.92 Å². The number of hydrogen-bond acceptors (Lipinski definition) is 5. The van der Waals surface area contributed by atoms with Crippen LogP contribution in [0.1, 0.15) is 54.6 Å². The van der Waals surface area contributed by atoms with Crippen LogP contribution in [0.25, 0.3) is 5.57 Å². The number of hydrogen-bond donors (Lipinski definition) is 2. The van der Waals surface area contributed by atoms with Crippen LogP contribution < -0.4 is 5.32 Å². The number of amides is 1. The largest absolute Gasteiger partial charge is 0.389 e. The van der Waals surface area contributed by atoms with E-state index in [1.54, 1.807) is 25.3 Å². The first-order valence-corrected chi connectivity index (χ1v) is 9.44. The molecule has 3 rings (SSSR count). The number of carbonyl (C=O) groups is 1. The standard InChI is InChI=1S/C21H26N4O3/c1-4-6-16(7-5-2)19-10-20(28-24-19)21(27)23-18-8-15(9-18)12-25-13-17(11-22-25)14(3)26/h4-7,10-11,13-15,18,26H,1,8-9,12H2,2-3H3,(H,23,27)/b7-5-,16-6+/t14-,15?,18?/m1/s1. The van der Waals surface area contributed by atoms with E-state index < -0.39 is 6.10 Å². The first-order chi connectivity index (χ1) is 13.5. The van der Waals surface area contributed by atoms with Gasteiger partial charge in [-0.3, -0.25) is 9.48 Å². The molecule has 2 aromatic heterocycles. The fourth-order valence-corrected chi connectivity index (χ4v) is 3.27. The van der Waals surface area contributed by atoms with Crippen LogP contribution in [0.15, 0.2) is 53.9 Å². The Morgan fingerprint density at radius 3 is 2.96 bits per heavy atom. The summed E-state index contributed by atoms with van der Waals surface area (Å²) in [7, 11) is 0. The number of rotatable bonds is 8. The monoisotopic (exact) mass is 382 g/mol. The number of allylic oxidation sites excluding steroid dienone is 5. The van der Waals surface area contributed by atoms with E-state index in [1.165, 1.54) is 0 Å². The molecule has 28 heavy (non-hydrogen) atoms. The smallest absolute Gasteiger partial charge is 0.290 e. The normalized spacial score (nSPS) is 20.8. The van der Waals surface area contributed by atoms with Crippen molar-refractivity contribution in [3.63, 3.8) is 0 Å². The second-order valence-electron chi connectivity index (χ2n) is 7.11. The lowest BCUT2D eigenvalue weighted by Crippen LogP contribution is -2.45. The van der Waals surface area contributed by atoms with Crippen molar-refractivity contribution in [3.05, 3.63) is 66.4 Å². The molecule has 148 valence electrons. The van der Waals surface area contributed by atoms with E-state index >= 15 is 0 Å². The Bertz CT molecular complexity index is 885. The van der Waals surface area contributed by atoms with Crippen LogP contribution in [0.4, 0.5) is 0 Å². The first kappa shape index (κ1) is 19.8. The van der Waals surface area contributed by atoms with Crippen molar-refractivity contribution in [2.45, 2.75) is 45.4 Å². The van der Waals surface area contributed by atoms with Gasteiger partial charge in [0.25, 0.3) is 5.91 Å². The quantitative estimate of drug-likeness (QED) is 0.684. The van der Waals surface area contributed by atoms with Crippen LogP contribution in [-0.2, 0) is 6.54 Å². The molecule has 2 N–H and O–H groups in total. The zero-order valence-electron chi connectivity index (χ0n) is 16.2. The number of nitrogens with zero attached hydrogens (tertiary/aromatic N) is 3. The maximum atomic E-state index is 12.4. The molecule has 0 aromatic carbocycles. The third-order valence-electron chi connectivity index (χ3n) is 4.83. The molecule has 1 saturated carbocycles. The topological polar surface area (TPSA) is 93.2 Å². The number of aliphatic hydroxyl groups is 1. The molecule has 0 spiro atoms. The Kier molecular flexibility index (Phi) is 6.26. The molecule has 7 nitrogen and oxygen atoms in total. The summed E-state index contributed by atoms with van der Waals surface area (Å²) >= 11 is 0. The summed E-state index contributed by atoms with van der Waals surface area (Å²) in [6.07, 6.45) is 12.1. The summed E-state index contributed by atoms with van der Waals surface area (Å²) in [6, 6.07) is 1.76. The zero-order chi connectivity index (χ0) is 20.1. The first-order valence-electron chi connectivity index (χ1n) is 9.44. The van der Waals surface area contributed by atoms with Gasteiger partial charge in [0.1, 0.15) is 5.69 Å². The van der Waals surface area contributed by atoms with Gasteiger partial charge >= 0.3 is 0 Å². The predicted molar refractivity (Wildman–Crippen MR) is 106 cm³/mol. The summed E-state index contributed by atoms with van der Waals surface area (Å²) in [5.41, 5.74) is 2.25. The minimum absolute atomic E-state index is 0.122. The third-order valence-corrected chi connectivity index (χ3v) is 4.83. The van der Waals surface area contributed by atoms with Crippen molar-refractivity contribution in [3.8, 4) is 0 Å². The highest BCUT2D eigenvalue weighted by Gasteiger charge is 2.31. The molecule has 0 radical (unpaired) electrons. The third kappa shape index (κ3) is 4.67. The Morgan fingerprint density at radius 1 is 1.54 bits per heavy atom. The lowest BCUT2D eigenvalue weighted by atomic mass is 9.80. The molecular formula is C21H26N4O3. The van der Waals surface area contributed by atoms with E-state index in [0.29, 0.717) is 11.6 Å². The molecule has 0 saturated heterocycles. The van der Waals surface area contributed by atoms with Gasteiger partial charge in [-0.1, -0.05) is 36.0 Å². The molecule has 1 amide bonds. The molecule has 2 heterocycles. The van der Waals surface area contributed by atoms with Gasteiger partial charge in [0.05, 0.1) is 12.3 Å². The Balaban J connectivity index is 1.50. The van der Waals surface area contributed by atoms with Crippen LogP contribution in [-0.4, -0.2) is 32.0 Å². The molecule has 0 unspecified atom stereocenters. The summed E-state index contributed by atoms with van der Waals surface area (Å²) in [6.45, 7) is 8.10. The molecule has 1 fully saturated rings. The Morgan fingerprint density at radius 2 is 2.32 bits per heavy atom. The minimum atomic E-state index is -0.511. The second kappa shape index (κ2) is 8.84. The van der Waals surface area contributed by atoms with Crippen molar-refractivity contribution in [2.24, 2.45) is 5.92 Å². The van der Waals surface area contributed by atoms with E-state index in [9.17, 15) is 9.90 Å². The van der Waals surface area contributed by atoms with Crippen LogP contribution in [0.2, 0.25) is 0 Å². The molecule has 1 atom stereocenters. The fraction of sp³-hybridized carbons (Fsp3) is 0.381. The van der Waals surface area contributed by atoms with Gasteiger partial charge in [-0.2, -0.15) is 5.10 Å². The molecule has 7 heteroatoms. The highest BCUT2D eigenvalue weighted by atomic mass is 16.5. The maximum Gasteiger partial charge on any atom is 0.290 e. The highest BCUT2D eigenvalue weighted by molar-refractivity contribution is 5.92. The highest BCUT2D eigenvalue weighted by Crippen LogP contribution is 2.29. The van der Waals surface area contributed by atoms with Gasteiger partial charge in [-0.25, -0.2) is 0 Å². The molecule has 0 aliphatic heterocycles. The SMILES string of the molecule is C=C/C=C(\C=C/C)c1cc(C(=O)NC2CC(Cn3cc([C@@H](C)O)cn3)C2)on1. The summed E-state index contributed by atoms with van der Waals surface area (Å²) < 4.78 is 7.06. The number of nitrogens with one attached hydrogen (secondary N) is 1. The lowest BCUT2D eigenvalue weighted by molar-refractivity contribution is 0.0842. The van der Waals surface area contributed by atoms with Crippen LogP contribution in [0.5, 0.6) is 0 Å². The van der Waals surface area contributed by atoms with Crippen molar-refractivity contribution >= 4 is 11.5 Å². The molecule has 1 aliphatic rings. The van der Waals surface area contributed by atoms with E-state index in [0.717, 1.165) is 30.5 Å². The van der Waals surface area contributed by atoms with E-state index in [1.807, 2.05) is 36.0 Å². The number of carbonyl (C=O) groups excluding carboxylic acids is 1. The van der Waals surface area contributed by atoms with Crippen LogP contribution in [0.3, 0.4) is 0 Å². The van der Waals surface area contributed by atoms with Gasteiger partial charge in [-0.05, 0) is 32.6 Å². The summed E-state index contributed by atoms with van der Waals surface area (Å²) in [5.74, 6) is 0.400. The van der Waals surface area contributed by atoms with Gasteiger partial charge in [-0.15, -0.1) is 0 Å². The summed E-state index contributed by atoms with van der Waals surface area (Å²) in [4.78, 5) is 12.4. The zero-order valence-corrected chi connectivity index (χ0v) is 16.2. The average molecular weight is 382 g/mol. The molecule has 2 aromatic rings. The lowest BCUT2D eigenvalue weighted by Gasteiger charge is -2.35. The van der Waals surface area contributed by atoms with Crippen LogP contribution >= 0.6 is 0 Å². The Hall–Kier alpha value is -2.93. The minimum Gasteiger partial charge on any atom is -0.389 e. The summed E-state index contributed by atoms with van der Waals surface area (Å²) in [5, 5.41) is 20.8. The number of aromatic nitrogens is 3. The number of aliphatic hydroxyl groups excluding tert-OH is 1. The Labute approximate surface area is 164 Å². The van der Waals surface area contributed by atoms with E-state index in [-0.39, 0.29) is 17.7 Å². The van der Waals surface area contributed by atoms with Gasteiger partial charge in [0.2, 0.25) is 5.76 Å². The average Bonchev–Trinajstić information content (AvgIpc) is 3.29. The molecule has 0 bridgehead atoms. The van der Waals surface area contributed by atoms with Crippen molar-refractivity contribution in [1.29, 1.82) is 0 Å². The maximum absolute atomic E-state index is 12.4. The molecular weight excluding hydrogens is 356 g/mol. The van der Waals surface area contributed by atoms with Gasteiger partial charge in [0.15, 0.2) is 0 Å². The second-order valence-corrected chi connectivity index (χ2v) is 7.11. The fourth-order valence-electron chi connectivity index (χ4n) is 3.27. The van der Waals surface area contributed by atoms with Crippen molar-refractivity contribution in [1.82, 2.24) is 20.3 Å². The van der Waals surface area contributed by atoms with Crippen molar-refractivity contribution < 1.29 is 14.4 Å². The predicted octanol–water partition coefficient (Wildman–Crippen LogP) is 3.28. The van der Waals surface area contributed by atoms with Crippen molar-refractivity contribution in [2.75, 3.05) is 0 Å². The van der Waals surface area contributed by atoms with E-state index in [4.69, 9.17) is 4.52 Å². The van der Waals surface area contributed by atoms with Gasteiger partial charge < -0.3 is 14.9 Å². The van der Waals surface area contributed by atoms with E-state index in [2.05, 4.69) is 22.2 Å².